The van der Waals surface area contributed by atoms with Gasteiger partial charge in [0.05, 0.1) is 10.7 Å². The van der Waals surface area contributed by atoms with Crippen LogP contribution in [0.2, 0.25) is 0 Å². The van der Waals surface area contributed by atoms with Crippen LogP contribution < -0.4 is 4.90 Å². The molecule has 0 unspecified atom stereocenters. The molecule has 2 aromatic heterocycles. The van der Waals surface area contributed by atoms with Gasteiger partial charge in [-0.25, -0.2) is 9.97 Å². The first-order valence-electron chi connectivity index (χ1n) is 7.34. The predicted molar refractivity (Wildman–Crippen MR) is 90.4 cm³/mol. The van der Waals surface area contributed by atoms with Gasteiger partial charge in [-0.3, -0.25) is 4.90 Å². The minimum atomic E-state index is 0.159. The summed E-state index contributed by atoms with van der Waals surface area (Å²) in [5.74, 6) is 0. The molecule has 0 saturated carbocycles. The second-order valence-electron chi connectivity index (χ2n) is 6.47. The van der Waals surface area contributed by atoms with Crippen molar-refractivity contribution in [3.8, 4) is 0 Å². The molecule has 21 heavy (non-hydrogen) atoms. The van der Waals surface area contributed by atoms with Gasteiger partial charge >= 0.3 is 0 Å². The molecule has 1 saturated heterocycles. The van der Waals surface area contributed by atoms with E-state index in [2.05, 4.69) is 40.9 Å². The first-order chi connectivity index (χ1) is 10.0. The summed E-state index contributed by atoms with van der Waals surface area (Å²) >= 11 is 3.51. The van der Waals surface area contributed by atoms with Crippen molar-refractivity contribution in [3.63, 3.8) is 0 Å². The topological polar surface area (TPSA) is 32.3 Å². The maximum absolute atomic E-state index is 4.80. The maximum Gasteiger partial charge on any atom is 0.185 e. The van der Waals surface area contributed by atoms with Gasteiger partial charge in [0.15, 0.2) is 5.13 Å². The van der Waals surface area contributed by atoms with Crippen LogP contribution in [0.25, 0.3) is 0 Å². The summed E-state index contributed by atoms with van der Waals surface area (Å²) in [7, 11) is 0. The Bertz CT molecular complexity index is 563. The normalized spacial score (nSPS) is 17.4. The fraction of sp³-hybridized carbons (Fsp3) is 0.600. The molecule has 0 radical (unpaired) electrons. The van der Waals surface area contributed by atoms with Crippen LogP contribution in [0.4, 0.5) is 5.13 Å². The van der Waals surface area contributed by atoms with E-state index in [4.69, 9.17) is 4.98 Å². The highest BCUT2D eigenvalue weighted by molar-refractivity contribution is 7.13. The second-order valence-corrected chi connectivity index (χ2v) is 8.20. The van der Waals surface area contributed by atoms with Gasteiger partial charge in [0.2, 0.25) is 0 Å². The van der Waals surface area contributed by atoms with Gasteiger partial charge in [0.1, 0.15) is 0 Å². The largest absolute Gasteiger partial charge is 0.346 e. The summed E-state index contributed by atoms with van der Waals surface area (Å²) in [4.78, 5) is 14.1. The molecule has 1 aliphatic rings. The van der Waals surface area contributed by atoms with Crippen molar-refractivity contribution in [2.75, 3.05) is 31.1 Å². The van der Waals surface area contributed by atoms with Crippen molar-refractivity contribution < 1.29 is 0 Å². The molecule has 1 aliphatic heterocycles. The zero-order valence-electron chi connectivity index (χ0n) is 12.9. The van der Waals surface area contributed by atoms with Gasteiger partial charge in [-0.05, 0) is 0 Å². The van der Waals surface area contributed by atoms with Gasteiger partial charge in [0.25, 0.3) is 0 Å². The standard InChI is InChI=1S/C15H22N4S2/c1-15(2,3)13-17-12(11-21-13)10-18-5-7-19(8-6-18)14-16-4-9-20-14/h4,9,11H,5-8,10H2,1-3H3. The van der Waals surface area contributed by atoms with Crippen molar-refractivity contribution in [3.05, 3.63) is 27.7 Å². The lowest BCUT2D eigenvalue weighted by Gasteiger charge is -2.34. The van der Waals surface area contributed by atoms with Crippen molar-refractivity contribution >= 4 is 27.8 Å². The molecule has 3 rings (SSSR count). The Kier molecular flexibility index (Phi) is 4.28. The van der Waals surface area contributed by atoms with Crippen LogP contribution >= 0.6 is 22.7 Å². The third-order valence-corrected chi connectivity index (χ3v) is 5.79. The van der Waals surface area contributed by atoms with Crippen LogP contribution in [0.3, 0.4) is 0 Å². The molecule has 0 spiro atoms. The summed E-state index contributed by atoms with van der Waals surface area (Å²) in [5, 5.41) is 6.65. The van der Waals surface area contributed by atoms with E-state index in [9.17, 15) is 0 Å². The van der Waals surface area contributed by atoms with Crippen LogP contribution in [0.1, 0.15) is 31.5 Å². The second kappa shape index (κ2) is 6.02. The summed E-state index contributed by atoms with van der Waals surface area (Å²) in [6.07, 6.45) is 1.88. The van der Waals surface area contributed by atoms with Gasteiger partial charge < -0.3 is 4.90 Å². The lowest BCUT2D eigenvalue weighted by molar-refractivity contribution is 0.247. The van der Waals surface area contributed by atoms with Gasteiger partial charge in [-0.15, -0.1) is 22.7 Å². The van der Waals surface area contributed by atoms with Crippen molar-refractivity contribution in [2.24, 2.45) is 0 Å². The SMILES string of the molecule is CC(C)(C)c1nc(CN2CCN(c3nccs3)CC2)cs1. The van der Waals surface area contributed by atoms with Crippen LogP contribution in [0.15, 0.2) is 17.0 Å². The van der Waals surface area contributed by atoms with Gasteiger partial charge in [-0.2, -0.15) is 0 Å². The molecule has 0 bridgehead atoms. The molecule has 1 fully saturated rings. The van der Waals surface area contributed by atoms with E-state index >= 15 is 0 Å². The molecule has 0 aliphatic carbocycles. The summed E-state index contributed by atoms with van der Waals surface area (Å²) in [6.45, 7) is 11.9. The van der Waals surface area contributed by atoms with E-state index in [0.29, 0.717) is 0 Å². The molecule has 3 heterocycles. The number of anilines is 1. The minimum absolute atomic E-state index is 0.159. The Balaban J connectivity index is 1.55. The number of rotatable bonds is 3. The van der Waals surface area contributed by atoms with Crippen LogP contribution in [-0.4, -0.2) is 41.0 Å². The average Bonchev–Trinajstić information content (AvgIpc) is 3.09. The van der Waals surface area contributed by atoms with E-state index in [1.165, 1.54) is 10.7 Å². The molecular formula is C15H22N4S2. The Labute approximate surface area is 134 Å². The Hall–Kier alpha value is -0.980. The minimum Gasteiger partial charge on any atom is -0.346 e. The fourth-order valence-corrected chi connectivity index (χ4v) is 4.02. The fourth-order valence-electron chi connectivity index (χ4n) is 2.42. The van der Waals surface area contributed by atoms with Gasteiger partial charge in [-0.1, -0.05) is 20.8 Å². The molecule has 0 aromatic carbocycles. The number of aromatic nitrogens is 2. The Morgan fingerprint density at radius 1 is 1.14 bits per heavy atom. The van der Waals surface area contributed by atoms with Crippen molar-refractivity contribution in [1.29, 1.82) is 0 Å². The first kappa shape index (κ1) is 14.9. The number of thiazole rings is 2. The van der Waals surface area contributed by atoms with Gasteiger partial charge in [0, 0.05) is 55.1 Å². The third kappa shape index (κ3) is 3.62. The molecule has 0 atom stereocenters. The van der Waals surface area contributed by atoms with Crippen LogP contribution in [-0.2, 0) is 12.0 Å². The number of hydrogen-bond acceptors (Lipinski definition) is 6. The first-order valence-corrected chi connectivity index (χ1v) is 9.10. The summed E-state index contributed by atoms with van der Waals surface area (Å²) in [6, 6.07) is 0. The van der Waals surface area contributed by atoms with E-state index < -0.39 is 0 Å². The van der Waals surface area contributed by atoms with Crippen molar-refractivity contribution in [1.82, 2.24) is 14.9 Å². The Morgan fingerprint density at radius 2 is 1.90 bits per heavy atom. The molecule has 114 valence electrons. The van der Waals surface area contributed by atoms with E-state index in [1.807, 2.05) is 11.6 Å². The molecule has 0 amide bonds. The number of hydrogen-bond donors (Lipinski definition) is 0. The third-order valence-electron chi connectivity index (χ3n) is 3.64. The van der Waals surface area contributed by atoms with Crippen LogP contribution in [0, 0.1) is 0 Å². The van der Waals surface area contributed by atoms with E-state index in [0.717, 1.165) is 37.9 Å². The molecule has 4 nitrogen and oxygen atoms in total. The highest BCUT2D eigenvalue weighted by Gasteiger charge is 2.21. The predicted octanol–water partition coefficient (Wildman–Crippen LogP) is 3.22. The van der Waals surface area contributed by atoms with E-state index in [1.54, 1.807) is 22.7 Å². The quantitative estimate of drug-likeness (QED) is 0.868. The zero-order valence-corrected chi connectivity index (χ0v) is 14.5. The van der Waals surface area contributed by atoms with Crippen LogP contribution in [0.5, 0.6) is 0 Å². The molecule has 0 N–H and O–H groups in total. The lowest BCUT2D eigenvalue weighted by atomic mass is 9.98. The zero-order chi connectivity index (χ0) is 14.9. The highest BCUT2D eigenvalue weighted by atomic mass is 32.1. The maximum atomic E-state index is 4.80. The lowest BCUT2D eigenvalue weighted by Crippen LogP contribution is -2.46. The smallest absolute Gasteiger partial charge is 0.185 e. The Morgan fingerprint density at radius 3 is 2.48 bits per heavy atom. The van der Waals surface area contributed by atoms with Crippen molar-refractivity contribution in [2.45, 2.75) is 32.7 Å². The monoisotopic (exact) mass is 322 g/mol. The van der Waals surface area contributed by atoms with E-state index in [-0.39, 0.29) is 5.41 Å². The highest BCUT2D eigenvalue weighted by Crippen LogP contribution is 2.26. The summed E-state index contributed by atoms with van der Waals surface area (Å²) in [5.41, 5.74) is 1.37. The molecule has 6 heteroatoms. The molecule has 2 aromatic rings. The number of piperazine rings is 1. The average molecular weight is 323 g/mol. The molecular weight excluding hydrogens is 300 g/mol. The number of nitrogens with zero attached hydrogens (tertiary/aromatic N) is 4. The summed E-state index contributed by atoms with van der Waals surface area (Å²) < 4.78 is 0.